The molecule has 4 aromatic rings. The lowest BCUT2D eigenvalue weighted by molar-refractivity contribution is 0.206. The molecule has 1 aliphatic rings. The van der Waals surface area contributed by atoms with E-state index in [0.29, 0.717) is 13.2 Å². The van der Waals surface area contributed by atoms with Gasteiger partial charge in [0, 0.05) is 63.5 Å². The molecule has 1 heterocycles. The summed E-state index contributed by atoms with van der Waals surface area (Å²) in [6, 6.07) is 38.2. The molecule has 0 unspecified atom stereocenters. The fourth-order valence-electron chi connectivity index (χ4n) is 5.05. The summed E-state index contributed by atoms with van der Waals surface area (Å²) >= 11 is 0. The van der Waals surface area contributed by atoms with Crippen LogP contribution in [0.1, 0.15) is 22.3 Å². The molecule has 1 N–H and O–H groups in total. The number of hydrogen-bond donors (Lipinski definition) is 1. The molecule has 5 heteroatoms. The SMILES string of the molecule is c1ccc(CN2CCNCCN(Cc3ccccc3)Cc3ccccc3OCCOc3ccccc3C2)cc1. The Bertz CT molecular complexity index is 1170. The molecule has 202 valence electrons. The number of ether oxygens (including phenoxy) is 2. The van der Waals surface area contributed by atoms with E-state index in [-0.39, 0.29) is 0 Å². The number of rotatable bonds is 4. The highest BCUT2D eigenvalue weighted by Gasteiger charge is 2.14. The average molecular weight is 522 g/mol. The Hall–Kier alpha value is -3.64. The van der Waals surface area contributed by atoms with Crippen molar-refractivity contribution in [1.82, 2.24) is 15.1 Å². The molecule has 0 fully saturated rings. The molecule has 5 nitrogen and oxygen atoms in total. The zero-order valence-corrected chi connectivity index (χ0v) is 22.7. The van der Waals surface area contributed by atoms with Gasteiger partial charge in [-0.1, -0.05) is 97.1 Å². The van der Waals surface area contributed by atoms with Gasteiger partial charge in [0.1, 0.15) is 24.7 Å². The second kappa shape index (κ2) is 14.5. The predicted molar refractivity (Wildman–Crippen MR) is 158 cm³/mol. The lowest BCUT2D eigenvalue weighted by Gasteiger charge is -2.25. The van der Waals surface area contributed by atoms with Gasteiger partial charge >= 0.3 is 0 Å². The summed E-state index contributed by atoms with van der Waals surface area (Å²) in [5.41, 5.74) is 5.04. The molecule has 0 saturated carbocycles. The van der Waals surface area contributed by atoms with E-state index in [0.717, 1.165) is 63.9 Å². The molecular formula is C34H39N3O2. The molecular weight excluding hydrogens is 482 g/mol. The molecule has 0 spiro atoms. The van der Waals surface area contributed by atoms with Crippen LogP contribution < -0.4 is 14.8 Å². The molecule has 0 radical (unpaired) electrons. The number of para-hydroxylation sites is 2. The summed E-state index contributed by atoms with van der Waals surface area (Å²) < 4.78 is 12.5. The van der Waals surface area contributed by atoms with Crippen LogP contribution in [0.3, 0.4) is 0 Å². The van der Waals surface area contributed by atoms with Gasteiger partial charge in [-0.05, 0) is 23.3 Å². The monoisotopic (exact) mass is 521 g/mol. The van der Waals surface area contributed by atoms with E-state index in [1.807, 2.05) is 12.1 Å². The van der Waals surface area contributed by atoms with Gasteiger partial charge in [0.05, 0.1) is 0 Å². The molecule has 0 aliphatic carbocycles. The van der Waals surface area contributed by atoms with Crippen molar-refractivity contribution in [2.45, 2.75) is 26.2 Å². The first-order valence-electron chi connectivity index (χ1n) is 14.0. The van der Waals surface area contributed by atoms with Crippen LogP contribution in [0.25, 0.3) is 0 Å². The van der Waals surface area contributed by atoms with Crippen LogP contribution in [0.2, 0.25) is 0 Å². The highest BCUT2D eigenvalue weighted by Crippen LogP contribution is 2.23. The molecule has 4 aromatic carbocycles. The van der Waals surface area contributed by atoms with Crippen molar-refractivity contribution in [3.05, 3.63) is 131 Å². The number of hydrogen-bond acceptors (Lipinski definition) is 5. The van der Waals surface area contributed by atoms with Crippen molar-refractivity contribution in [2.24, 2.45) is 0 Å². The van der Waals surface area contributed by atoms with Gasteiger partial charge in [0.15, 0.2) is 0 Å². The maximum absolute atomic E-state index is 6.25. The Labute approximate surface area is 233 Å². The highest BCUT2D eigenvalue weighted by atomic mass is 16.5. The quantitative estimate of drug-likeness (QED) is 0.370. The lowest BCUT2D eigenvalue weighted by atomic mass is 10.1. The summed E-state index contributed by atoms with van der Waals surface area (Å²) in [6.45, 7) is 8.21. The average Bonchev–Trinajstić information content (AvgIpc) is 2.97. The fraction of sp³-hybridized carbons (Fsp3) is 0.294. The van der Waals surface area contributed by atoms with E-state index < -0.39 is 0 Å². The Morgan fingerprint density at radius 1 is 0.513 bits per heavy atom. The third kappa shape index (κ3) is 8.42. The molecule has 39 heavy (non-hydrogen) atoms. The Morgan fingerprint density at radius 3 is 1.38 bits per heavy atom. The zero-order valence-electron chi connectivity index (χ0n) is 22.7. The van der Waals surface area contributed by atoms with Gasteiger partial charge in [0.25, 0.3) is 0 Å². The molecule has 0 atom stereocenters. The van der Waals surface area contributed by atoms with Crippen LogP contribution >= 0.6 is 0 Å². The molecule has 0 bridgehead atoms. The molecule has 1 aliphatic heterocycles. The smallest absolute Gasteiger partial charge is 0.123 e. The number of nitrogens with one attached hydrogen (secondary N) is 1. The fourth-order valence-corrected chi connectivity index (χ4v) is 5.05. The standard InChI is InChI=1S/C34H39N3O2/c1-3-11-29(12-4-1)25-36-21-19-35-20-22-37(26-30-13-5-2-6-14-30)28-32-16-8-10-18-34(32)39-24-23-38-33-17-9-7-15-31(33)27-36/h1-18,35H,19-28H2. The minimum Gasteiger partial charge on any atom is -0.490 e. The minimum absolute atomic E-state index is 0.499. The summed E-state index contributed by atoms with van der Waals surface area (Å²) in [5.74, 6) is 1.86. The highest BCUT2D eigenvalue weighted by molar-refractivity contribution is 5.34. The van der Waals surface area contributed by atoms with Crippen LogP contribution in [0.15, 0.2) is 109 Å². The maximum atomic E-state index is 6.25. The predicted octanol–water partition coefficient (Wildman–Crippen LogP) is 5.75. The van der Waals surface area contributed by atoms with E-state index >= 15 is 0 Å². The normalized spacial score (nSPS) is 16.2. The molecule has 0 aromatic heterocycles. The number of nitrogens with zero attached hydrogens (tertiary/aromatic N) is 2. The third-order valence-corrected chi connectivity index (χ3v) is 7.04. The third-order valence-electron chi connectivity index (χ3n) is 7.04. The van der Waals surface area contributed by atoms with Crippen molar-refractivity contribution >= 4 is 0 Å². The maximum Gasteiger partial charge on any atom is 0.123 e. The second-order valence-corrected chi connectivity index (χ2v) is 10.1. The van der Waals surface area contributed by atoms with E-state index in [2.05, 4.69) is 112 Å². The molecule has 0 saturated heterocycles. The van der Waals surface area contributed by atoms with Crippen molar-refractivity contribution in [2.75, 3.05) is 39.4 Å². The minimum atomic E-state index is 0.499. The van der Waals surface area contributed by atoms with Crippen LogP contribution in [0, 0.1) is 0 Å². The van der Waals surface area contributed by atoms with Gasteiger partial charge in [-0.15, -0.1) is 0 Å². The Balaban J connectivity index is 1.33. The number of benzene rings is 4. The van der Waals surface area contributed by atoms with E-state index in [4.69, 9.17) is 9.47 Å². The zero-order chi connectivity index (χ0) is 26.5. The first-order valence-corrected chi connectivity index (χ1v) is 14.0. The van der Waals surface area contributed by atoms with Crippen molar-refractivity contribution < 1.29 is 9.47 Å². The summed E-state index contributed by atoms with van der Waals surface area (Å²) in [4.78, 5) is 4.99. The Morgan fingerprint density at radius 2 is 0.923 bits per heavy atom. The summed E-state index contributed by atoms with van der Waals surface area (Å²) in [5, 5.41) is 3.71. The molecule has 0 amide bonds. The van der Waals surface area contributed by atoms with Gasteiger partial charge in [-0.25, -0.2) is 0 Å². The van der Waals surface area contributed by atoms with E-state index in [1.54, 1.807) is 0 Å². The van der Waals surface area contributed by atoms with Crippen molar-refractivity contribution in [3.8, 4) is 11.5 Å². The van der Waals surface area contributed by atoms with Gasteiger partial charge < -0.3 is 14.8 Å². The van der Waals surface area contributed by atoms with Gasteiger partial charge in [-0.2, -0.15) is 0 Å². The van der Waals surface area contributed by atoms with Gasteiger partial charge in [-0.3, -0.25) is 9.80 Å². The second-order valence-electron chi connectivity index (χ2n) is 10.1. The largest absolute Gasteiger partial charge is 0.490 e. The first-order chi connectivity index (χ1) is 19.3. The van der Waals surface area contributed by atoms with Gasteiger partial charge in [0.2, 0.25) is 0 Å². The van der Waals surface area contributed by atoms with Crippen molar-refractivity contribution in [1.29, 1.82) is 0 Å². The van der Waals surface area contributed by atoms with E-state index in [9.17, 15) is 0 Å². The van der Waals surface area contributed by atoms with Crippen LogP contribution in [0.5, 0.6) is 11.5 Å². The van der Waals surface area contributed by atoms with Crippen molar-refractivity contribution in [3.63, 3.8) is 0 Å². The Kier molecular flexibility index (Phi) is 10.0. The van der Waals surface area contributed by atoms with Crippen LogP contribution in [-0.2, 0) is 26.2 Å². The summed E-state index contributed by atoms with van der Waals surface area (Å²) in [7, 11) is 0. The number of fused-ring (bicyclic) bond motifs is 2. The van der Waals surface area contributed by atoms with Crippen LogP contribution in [0.4, 0.5) is 0 Å². The van der Waals surface area contributed by atoms with Crippen LogP contribution in [-0.4, -0.2) is 49.2 Å². The van der Waals surface area contributed by atoms with E-state index in [1.165, 1.54) is 22.3 Å². The molecule has 5 rings (SSSR count). The topological polar surface area (TPSA) is 37.0 Å². The lowest BCUT2D eigenvalue weighted by Crippen LogP contribution is -2.36. The summed E-state index contributed by atoms with van der Waals surface area (Å²) in [6.07, 6.45) is 0. The first kappa shape index (κ1) is 26.9.